The van der Waals surface area contributed by atoms with Crippen molar-refractivity contribution < 1.29 is 9.90 Å². The van der Waals surface area contributed by atoms with Gasteiger partial charge >= 0.3 is 5.97 Å². The predicted octanol–water partition coefficient (Wildman–Crippen LogP) is 0.112. The van der Waals surface area contributed by atoms with Crippen LogP contribution in [0.5, 0.6) is 0 Å². The van der Waals surface area contributed by atoms with Gasteiger partial charge in [0.25, 0.3) is 0 Å². The zero-order valence-electron chi connectivity index (χ0n) is 8.31. The van der Waals surface area contributed by atoms with E-state index in [4.69, 9.17) is 16.6 Å². The van der Waals surface area contributed by atoms with Crippen molar-refractivity contribution in [2.45, 2.75) is 25.8 Å². The highest BCUT2D eigenvalue weighted by atomic mass is 16.4. The maximum absolute atomic E-state index is 10.3. The minimum Gasteiger partial charge on any atom is -0.480 e. The fraction of sp³-hybridized carbons (Fsp3) is 0.556. The summed E-state index contributed by atoms with van der Waals surface area (Å²) >= 11 is 0. The number of hydrogen-bond acceptors (Lipinski definition) is 3. The summed E-state index contributed by atoms with van der Waals surface area (Å²) in [6.45, 7) is 2.25. The van der Waals surface area contributed by atoms with E-state index in [9.17, 15) is 4.79 Å². The summed E-state index contributed by atoms with van der Waals surface area (Å²) < 4.78 is 0. The molecular weight excluding hydrogens is 182 g/mol. The number of aliphatic imine (C=N–C) groups is 1. The van der Waals surface area contributed by atoms with Gasteiger partial charge in [-0.05, 0) is 19.8 Å². The van der Waals surface area contributed by atoms with Gasteiger partial charge < -0.3 is 16.6 Å². The van der Waals surface area contributed by atoms with Crippen LogP contribution in [0, 0.1) is 0 Å². The van der Waals surface area contributed by atoms with Crippen molar-refractivity contribution in [3.63, 3.8) is 0 Å². The molecular formula is C9H17N3O2. The number of carbonyl (C=O) groups is 1. The van der Waals surface area contributed by atoms with Crippen LogP contribution in [-0.4, -0.2) is 29.5 Å². The summed E-state index contributed by atoms with van der Waals surface area (Å²) in [5, 5.41) is 8.47. The van der Waals surface area contributed by atoms with Gasteiger partial charge in [-0.1, -0.05) is 12.2 Å². The van der Waals surface area contributed by atoms with E-state index in [0.717, 1.165) is 0 Å². The Morgan fingerprint density at radius 3 is 2.71 bits per heavy atom. The molecule has 0 aliphatic carbocycles. The Kier molecular flexibility index (Phi) is 6.39. The van der Waals surface area contributed by atoms with Crippen LogP contribution in [0.4, 0.5) is 0 Å². The molecule has 14 heavy (non-hydrogen) atoms. The second-order valence-corrected chi connectivity index (χ2v) is 2.98. The van der Waals surface area contributed by atoms with Crippen molar-refractivity contribution in [1.82, 2.24) is 0 Å². The highest BCUT2D eigenvalue weighted by molar-refractivity contribution is 5.77. The number of hydrogen-bond donors (Lipinski definition) is 3. The Bertz CT molecular complexity index is 232. The van der Waals surface area contributed by atoms with E-state index in [1.54, 1.807) is 6.92 Å². The average Bonchev–Trinajstić information content (AvgIpc) is 2.09. The quantitative estimate of drug-likeness (QED) is 0.321. The van der Waals surface area contributed by atoms with Crippen LogP contribution in [-0.2, 0) is 4.79 Å². The van der Waals surface area contributed by atoms with Crippen molar-refractivity contribution >= 4 is 11.8 Å². The van der Waals surface area contributed by atoms with E-state index >= 15 is 0 Å². The van der Waals surface area contributed by atoms with E-state index in [1.807, 2.05) is 12.2 Å². The number of aliphatic carboxylic acids is 1. The molecule has 0 amide bonds. The number of amidine groups is 1. The molecule has 0 saturated carbocycles. The molecule has 0 aromatic carbocycles. The number of carboxylic acids is 1. The summed E-state index contributed by atoms with van der Waals surface area (Å²) in [5.74, 6) is -0.425. The SMILES string of the molecule is CC(N)=NCC=CCC[C@H](N)C(=O)O. The molecule has 0 rings (SSSR count). The third-order valence-electron chi connectivity index (χ3n) is 1.57. The van der Waals surface area contributed by atoms with Crippen molar-refractivity contribution in [1.29, 1.82) is 0 Å². The first-order valence-corrected chi connectivity index (χ1v) is 4.44. The fourth-order valence-electron chi connectivity index (χ4n) is 0.788. The van der Waals surface area contributed by atoms with Gasteiger partial charge in [0.1, 0.15) is 6.04 Å². The zero-order chi connectivity index (χ0) is 11.0. The van der Waals surface area contributed by atoms with E-state index in [0.29, 0.717) is 25.2 Å². The van der Waals surface area contributed by atoms with Crippen LogP contribution >= 0.6 is 0 Å². The lowest BCUT2D eigenvalue weighted by Crippen LogP contribution is -2.29. The largest absolute Gasteiger partial charge is 0.480 e. The number of nitrogens with two attached hydrogens (primary N) is 2. The standard InChI is InChI=1S/C9H17N3O2/c1-7(10)12-6-4-2-3-5-8(11)9(13)14/h2,4,8H,3,5-6,11H2,1H3,(H2,10,12)(H,13,14)/t8-/m0/s1. The fourth-order valence-corrected chi connectivity index (χ4v) is 0.788. The van der Waals surface area contributed by atoms with Crippen molar-refractivity contribution in [2.75, 3.05) is 6.54 Å². The molecule has 0 aromatic heterocycles. The Hall–Kier alpha value is -1.36. The lowest BCUT2D eigenvalue weighted by atomic mass is 10.1. The van der Waals surface area contributed by atoms with Gasteiger partial charge in [-0.15, -0.1) is 0 Å². The first-order chi connectivity index (χ1) is 6.54. The highest BCUT2D eigenvalue weighted by Crippen LogP contribution is 1.95. The Morgan fingerprint density at radius 2 is 2.21 bits per heavy atom. The van der Waals surface area contributed by atoms with Crippen molar-refractivity contribution in [2.24, 2.45) is 16.5 Å². The van der Waals surface area contributed by atoms with E-state index in [2.05, 4.69) is 4.99 Å². The molecule has 5 N–H and O–H groups in total. The van der Waals surface area contributed by atoms with Crippen LogP contribution in [0.15, 0.2) is 17.1 Å². The molecule has 5 nitrogen and oxygen atoms in total. The Morgan fingerprint density at radius 1 is 1.57 bits per heavy atom. The van der Waals surface area contributed by atoms with Gasteiger partial charge in [0, 0.05) is 0 Å². The third kappa shape index (κ3) is 7.30. The lowest BCUT2D eigenvalue weighted by Gasteiger charge is -2.01. The van der Waals surface area contributed by atoms with Crippen molar-refractivity contribution in [3.8, 4) is 0 Å². The molecule has 0 fully saturated rings. The van der Waals surface area contributed by atoms with Gasteiger partial charge in [0.15, 0.2) is 0 Å². The molecule has 0 spiro atoms. The Balaban J connectivity index is 3.54. The molecule has 0 aliphatic rings. The molecule has 0 bridgehead atoms. The normalized spacial score (nSPS) is 14.6. The molecule has 0 aromatic rings. The Labute approximate surface area is 83.5 Å². The van der Waals surface area contributed by atoms with Gasteiger partial charge in [-0.2, -0.15) is 0 Å². The summed E-state index contributed by atoms with van der Waals surface area (Å²) in [6, 6.07) is -0.778. The summed E-state index contributed by atoms with van der Waals surface area (Å²) in [7, 11) is 0. The monoisotopic (exact) mass is 199 g/mol. The van der Waals surface area contributed by atoms with Crippen LogP contribution in [0.25, 0.3) is 0 Å². The minimum absolute atomic E-state index is 0.442. The summed E-state index contributed by atoms with van der Waals surface area (Å²) in [5.41, 5.74) is 10.6. The lowest BCUT2D eigenvalue weighted by molar-refractivity contribution is -0.138. The van der Waals surface area contributed by atoms with E-state index in [-0.39, 0.29) is 0 Å². The van der Waals surface area contributed by atoms with E-state index < -0.39 is 12.0 Å². The first-order valence-electron chi connectivity index (χ1n) is 4.44. The summed E-state index contributed by atoms with van der Waals surface area (Å²) in [6.07, 6.45) is 4.78. The average molecular weight is 199 g/mol. The molecule has 0 unspecified atom stereocenters. The third-order valence-corrected chi connectivity index (χ3v) is 1.57. The van der Waals surface area contributed by atoms with Crippen molar-refractivity contribution in [3.05, 3.63) is 12.2 Å². The molecule has 80 valence electrons. The number of carboxylic acid groups (broad SMARTS) is 1. The topological polar surface area (TPSA) is 102 Å². The first kappa shape index (κ1) is 12.6. The molecule has 0 saturated heterocycles. The number of rotatable bonds is 6. The molecule has 0 radical (unpaired) electrons. The van der Waals surface area contributed by atoms with Gasteiger partial charge in [-0.25, -0.2) is 0 Å². The van der Waals surface area contributed by atoms with Gasteiger partial charge in [-0.3, -0.25) is 9.79 Å². The van der Waals surface area contributed by atoms with Crippen LogP contribution in [0.2, 0.25) is 0 Å². The maximum atomic E-state index is 10.3. The van der Waals surface area contributed by atoms with Gasteiger partial charge in [0.2, 0.25) is 0 Å². The van der Waals surface area contributed by atoms with Crippen LogP contribution < -0.4 is 11.5 Å². The predicted molar refractivity (Wildman–Crippen MR) is 56.1 cm³/mol. The minimum atomic E-state index is -0.964. The summed E-state index contributed by atoms with van der Waals surface area (Å²) in [4.78, 5) is 14.3. The molecule has 0 heterocycles. The molecule has 1 atom stereocenters. The maximum Gasteiger partial charge on any atom is 0.320 e. The van der Waals surface area contributed by atoms with Crippen LogP contribution in [0.3, 0.4) is 0 Å². The molecule has 0 aliphatic heterocycles. The van der Waals surface area contributed by atoms with Crippen LogP contribution in [0.1, 0.15) is 19.8 Å². The number of nitrogens with zero attached hydrogens (tertiary/aromatic N) is 1. The van der Waals surface area contributed by atoms with Gasteiger partial charge in [0.05, 0.1) is 12.4 Å². The second-order valence-electron chi connectivity index (χ2n) is 2.98. The molecule has 5 heteroatoms. The number of allylic oxidation sites excluding steroid dienone is 1. The smallest absolute Gasteiger partial charge is 0.320 e. The van der Waals surface area contributed by atoms with E-state index in [1.165, 1.54) is 0 Å². The second kappa shape index (κ2) is 7.08. The highest BCUT2D eigenvalue weighted by Gasteiger charge is 2.08. The zero-order valence-corrected chi connectivity index (χ0v) is 8.31.